The average molecular weight is 294 g/mol. The molecule has 21 heavy (non-hydrogen) atoms. The maximum Gasteiger partial charge on any atom is 0.239 e. The Morgan fingerprint density at radius 3 is 2.52 bits per heavy atom. The van der Waals surface area contributed by atoms with E-state index in [1.807, 2.05) is 4.90 Å². The zero-order chi connectivity index (χ0) is 15.3. The Kier molecular flexibility index (Phi) is 3.81. The number of hydrogen-bond acceptors (Lipinski definition) is 3. The van der Waals surface area contributed by atoms with Crippen molar-refractivity contribution in [3.63, 3.8) is 0 Å². The fraction of sp³-hybridized carbons (Fsp3) is 0.941. The highest BCUT2D eigenvalue weighted by atomic mass is 16.3. The van der Waals surface area contributed by atoms with Crippen LogP contribution in [0.5, 0.6) is 0 Å². The first-order chi connectivity index (χ1) is 9.80. The van der Waals surface area contributed by atoms with Crippen molar-refractivity contribution in [2.75, 3.05) is 13.1 Å². The number of fused-ring (bicyclic) bond motifs is 2. The highest BCUT2D eigenvalue weighted by Gasteiger charge is 2.51. The van der Waals surface area contributed by atoms with Gasteiger partial charge >= 0.3 is 0 Å². The number of hydrogen-bond donors (Lipinski definition) is 2. The van der Waals surface area contributed by atoms with E-state index < -0.39 is 11.6 Å². The molecule has 3 fully saturated rings. The Labute approximate surface area is 128 Å². The van der Waals surface area contributed by atoms with Crippen LogP contribution in [0.25, 0.3) is 0 Å². The van der Waals surface area contributed by atoms with Gasteiger partial charge in [0.2, 0.25) is 5.91 Å². The number of aliphatic hydroxyl groups is 1. The van der Waals surface area contributed by atoms with Gasteiger partial charge in [0.15, 0.2) is 0 Å². The van der Waals surface area contributed by atoms with Crippen molar-refractivity contribution in [1.82, 2.24) is 4.90 Å². The summed E-state index contributed by atoms with van der Waals surface area (Å²) in [5, 5.41) is 10.9. The molecule has 0 aromatic rings. The minimum absolute atomic E-state index is 0.109. The Bertz CT molecular complexity index is 401. The molecule has 0 spiro atoms. The van der Waals surface area contributed by atoms with E-state index in [-0.39, 0.29) is 17.2 Å². The van der Waals surface area contributed by atoms with Crippen molar-refractivity contribution in [2.45, 2.75) is 70.4 Å². The zero-order valence-corrected chi connectivity index (χ0v) is 13.5. The Hall–Kier alpha value is -0.610. The standard InChI is InChI=1S/C17H30N2O2/c1-12-7-16(2)9-13(10-17(21,8-12)11-16)14(18)15(20)19-5-3-4-6-19/h12-14,21H,3-11,18H2,1-2H3/t12?,13?,14-,16?,17?/m0/s1. The van der Waals surface area contributed by atoms with Gasteiger partial charge in [-0.2, -0.15) is 0 Å². The molecule has 3 rings (SSSR count). The fourth-order valence-electron chi connectivity index (χ4n) is 5.61. The van der Waals surface area contributed by atoms with Crippen LogP contribution in [0.2, 0.25) is 0 Å². The van der Waals surface area contributed by atoms with Crippen LogP contribution in [-0.4, -0.2) is 40.6 Å². The molecule has 0 aromatic heterocycles. The lowest BCUT2D eigenvalue weighted by Gasteiger charge is -2.54. The second kappa shape index (κ2) is 5.24. The summed E-state index contributed by atoms with van der Waals surface area (Å²) >= 11 is 0. The number of carbonyl (C=O) groups is 1. The molecule has 0 aromatic carbocycles. The van der Waals surface area contributed by atoms with Crippen LogP contribution >= 0.6 is 0 Å². The molecule has 1 aliphatic heterocycles. The molecule has 1 saturated heterocycles. The van der Waals surface area contributed by atoms with Gasteiger partial charge < -0.3 is 15.7 Å². The third-order valence-electron chi connectivity index (χ3n) is 5.93. The molecule has 5 atom stereocenters. The van der Waals surface area contributed by atoms with E-state index in [1.54, 1.807) is 0 Å². The Balaban J connectivity index is 1.73. The first-order valence-corrected chi connectivity index (χ1v) is 8.57. The summed E-state index contributed by atoms with van der Waals surface area (Å²) in [4.78, 5) is 14.5. The van der Waals surface area contributed by atoms with Crippen molar-refractivity contribution in [1.29, 1.82) is 0 Å². The summed E-state index contributed by atoms with van der Waals surface area (Å²) in [5.41, 5.74) is 5.88. The number of amides is 1. The highest BCUT2D eigenvalue weighted by Crippen LogP contribution is 2.54. The van der Waals surface area contributed by atoms with Gasteiger partial charge in [-0.25, -0.2) is 0 Å². The predicted octanol–water partition coefficient (Wildman–Crippen LogP) is 1.90. The van der Waals surface area contributed by atoms with Gasteiger partial charge in [0.25, 0.3) is 0 Å². The Morgan fingerprint density at radius 1 is 1.24 bits per heavy atom. The molecule has 1 heterocycles. The molecule has 0 radical (unpaired) electrons. The molecule has 4 unspecified atom stereocenters. The molecule has 4 nitrogen and oxygen atoms in total. The first-order valence-electron chi connectivity index (χ1n) is 8.57. The van der Waals surface area contributed by atoms with E-state index in [0.717, 1.165) is 51.6 Å². The number of nitrogens with two attached hydrogens (primary N) is 1. The molecule has 120 valence electrons. The molecule has 1 amide bonds. The average Bonchev–Trinajstić information content (AvgIpc) is 2.86. The van der Waals surface area contributed by atoms with Gasteiger partial charge in [0, 0.05) is 13.1 Å². The summed E-state index contributed by atoms with van der Waals surface area (Å²) < 4.78 is 0. The van der Waals surface area contributed by atoms with Crippen LogP contribution in [0.4, 0.5) is 0 Å². The smallest absolute Gasteiger partial charge is 0.239 e. The van der Waals surface area contributed by atoms with Crippen molar-refractivity contribution in [2.24, 2.45) is 23.0 Å². The third kappa shape index (κ3) is 2.98. The van der Waals surface area contributed by atoms with E-state index in [4.69, 9.17) is 5.73 Å². The van der Waals surface area contributed by atoms with Crippen LogP contribution in [-0.2, 0) is 4.79 Å². The molecule has 2 saturated carbocycles. The van der Waals surface area contributed by atoms with Gasteiger partial charge in [-0.3, -0.25) is 4.79 Å². The molecule has 2 bridgehead atoms. The van der Waals surface area contributed by atoms with Gasteiger partial charge in [-0.1, -0.05) is 13.8 Å². The van der Waals surface area contributed by atoms with Gasteiger partial charge in [-0.15, -0.1) is 0 Å². The second-order valence-electron chi connectivity index (χ2n) is 8.45. The van der Waals surface area contributed by atoms with E-state index in [1.165, 1.54) is 0 Å². The predicted molar refractivity (Wildman–Crippen MR) is 82.6 cm³/mol. The number of likely N-dealkylation sites (tertiary alicyclic amines) is 1. The number of rotatable bonds is 2. The molecular formula is C17H30N2O2. The fourth-order valence-corrected chi connectivity index (χ4v) is 5.61. The highest BCUT2D eigenvalue weighted by molar-refractivity contribution is 5.82. The lowest BCUT2D eigenvalue weighted by atomic mass is 9.54. The van der Waals surface area contributed by atoms with E-state index in [9.17, 15) is 9.90 Å². The molecule has 4 heteroatoms. The second-order valence-corrected chi connectivity index (χ2v) is 8.45. The SMILES string of the molecule is CC1CC2(C)CC([C@H](N)C(=O)N3CCCC3)CC(O)(C1)C2. The summed E-state index contributed by atoms with van der Waals surface area (Å²) in [6.45, 7) is 6.22. The quantitative estimate of drug-likeness (QED) is 0.817. The third-order valence-corrected chi connectivity index (χ3v) is 5.93. The lowest BCUT2D eigenvalue weighted by Crippen LogP contribution is -2.56. The van der Waals surface area contributed by atoms with E-state index in [2.05, 4.69) is 13.8 Å². The minimum Gasteiger partial charge on any atom is -0.390 e. The summed E-state index contributed by atoms with van der Waals surface area (Å²) in [6.07, 6.45) is 6.78. The molecule has 2 aliphatic carbocycles. The number of nitrogens with zero attached hydrogens (tertiary/aromatic N) is 1. The first kappa shape index (κ1) is 15.3. The molecule has 3 aliphatic rings. The summed E-state index contributed by atoms with van der Waals surface area (Å²) in [7, 11) is 0. The lowest BCUT2D eigenvalue weighted by molar-refractivity contribution is -0.141. The monoisotopic (exact) mass is 294 g/mol. The van der Waals surface area contributed by atoms with E-state index >= 15 is 0 Å². The van der Waals surface area contributed by atoms with Crippen LogP contribution in [0.1, 0.15) is 58.8 Å². The molecule has 3 N–H and O–H groups in total. The molecular weight excluding hydrogens is 264 g/mol. The van der Waals surface area contributed by atoms with Gasteiger partial charge in [0.05, 0.1) is 11.6 Å². The van der Waals surface area contributed by atoms with Crippen molar-refractivity contribution in [3.05, 3.63) is 0 Å². The minimum atomic E-state index is -0.599. The maximum absolute atomic E-state index is 12.6. The zero-order valence-electron chi connectivity index (χ0n) is 13.5. The van der Waals surface area contributed by atoms with Crippen molar-refractivity contribution in [3.8, 4) is 0 Å². The summed E-state index contributed by atoms with van der Waals surface area (Å²) in [6, 6.07) is -0.428. The van der Waals surface area contributed by atoms with Crippen LogP contribution in [0.3, 0.4) is 0 Å². The summed E-state index contributed by atoms with van der Waals surface area (Å²) in [5.74, 6) is 0.812. The number of carbonyl (C=O) groups excluding carboxylic acids is 1. The van der Waals surface area contributed by atoms with Crippen molar-refractivity contribution < 1.29 is 9.90 Å². The topological polar surface area (TPSA) is 66.6 Å². The van der Waals surface area contributed by atoms with Crippen LogP contribution in [0, 0.1) is 17.3 Å². The normalized spacial score (nSPS) is 44.7. The van der Waals surface area contributed by atoms with Crippen LogP contribution in [0.15, 0.2) is 0 Å². The van der Waals surface area contributed by atoms with E-state index in [0.29, 0.717) is 12.3 Å². The van der Waals surface area contributed by atoms with Crippen LogP contribution < -0.4 is 5.73 Å². The maximum atomic E-state index is 12.6. The van der Waals surface area contributed by atoms with Gasteiger partial charge in [0.1, 0.15) is 0 Å². The largest absolute Gasteiger partial charge is 0.390 e. The Morgan fingerprint density at radius 2 is 1.90 bits per heavy atom. The van der Waals surface area contributed by atoms with Gasteiger partial charge in [-0.05, 0) is 62.2 Å². The van der Waals surface area contributed by atoms with Crippen molar-refractivity contribution >= 4 is 5.91 Å².